The Hall–Kier alpha value is -2.88. The number of ether oxygens (including phenoxy) is 2. The van der Waals surface area contributed by atoms with E-state index in [1.54, 1.807) is 31.2 Å². The van der Waals surface area contributed by atoms with Crippen LogP contribution in [0.3, 0.4) is 0 Å². The number of hydrogen-bond acceptors (Lipinski definition) is 7. The molecule has 11 heteroatoms. The molecule has 0 radical (unpaired) electrons. The number of hydrogen-bond donors (Lipinski definition) is 1. The Morgan fingerprint density at radius 2 is 2.03 bits per heavy atom. The van der Waals surface area contributed by atoms with Gasteiger partial charge in [-0.3, -0.25) is 4.79 Å². The third-order valence-electron chi connectivity index (χ3n) is 6.91. The first-order valence-electron chi connectivity index (χ1n) is 11.6. The Balaban J connectivity index is 1.44. The van der Waals surface area contributed by atoms with E-state index in [2.05, 4.69) is 14.9 Å². The van der Waals surface area contributed by atoms with Crippen molar-refractivity contribution in [2.24, 2.45) is 11.8 Å². The lowest BCUT2D eigenvalue weighted by Crippen LogP contribution is -2.44. The Bertz CT molecular complexity index is 1080. The minimum atomic E-state index is -1.20. The van der Waals surface area contributed by atoms with Gasteiger partial charge < -0.3 is 24.4 Å². The Labute approximate surface area is 207 Å². The summed E-state index contributed by atoms with van der Waals surface area (Å²) < 4.78 is 40.4. The average Bonchev–Trinajstić information content (AvgIpc) is 3.10. The standard InChI is InChI=1S/C24H29ClF2N4O4/c1-13-11-30(20-7-22(34-3)28-10-16(20)25)5-4-21(13)35-24-17(26)6-15(9-29-24)31-12-18(27)14(2)19(31)8-23(32)33/h6-7,9-10,13-14,18-19,21H,4-5,8,11-12H2,1-3H3,(H,32,33)/t13?,14-,18+,19+,21?/m1/s1. The molecule has 2 aromatic heterocycles. The van der Waals surface area contributed by atoms with E-state index in [0.29, 0.717) is 36.1 Å². The van der Waals surface area contributed by atoms with Gasteiger partial charge in [-0.2, -0.15) is 0 Å². The van der Waals surface area contributed by atoms with Crippen LogP contribution in [0, 0.1) is 17.7 Å². The Morgan fingerprint density at radius 3 is 2.69 bits per heavy atom. The second kappa shape index (κ2) is 10.4. The fourth-order valence-electron chi connectivity index (χ4n) is 4.87. The Kier molecular flexibility index (Phi) is 7.49. The van der Waals surface area contributed by atoms with Crippen LogP contribution in [-0.4, -0.2) is 66.1 Å². The van der Waals surface area contributed by atoms with Crippen molar-refractivity contribution < 1.29 is 28.2 Å². The number of aliphatic carboxylic acids is 1. The fourth-order valence-corrected chi connectivity index (χ4v) is 5.09. The number of pyridine rings is 2. The molecule has 0 saturated carbocycles. The third kappa shape index (κ3) is 5.37. The van der Waals surface area contributed by atoms with Gasteiger partial charge in [-0.05, 0) is 0 Å². The molecule has 2 aliphatic heterocycles. The quantitative estimate of drug-likeness (QED) is 0.592. The van der Waals surface area contributed by atoms with Crippen molar-refractivity contribution in [1.29, 1.82) is 0 Å². The first-order valence-corrected chi connectivity index (χ1v) is 11.9. The zero-order chi connectivity index (χ0) is 25.3. The fraction of sp³-hybridized carbons (Fsp3) is 0.542. The summed E-state index contributed by atoms with van der Waals surface area (Å²) in [5.74, 6) is -1.78. The van der Waals surface area contributed by atoms with Crippen molar-refractivity contribution in [3.8, 4) is 11.8 Å². The number of carboxylic acids is 1. The molecule has 0 bridgehead atoms. The van der Waals surface area contributed by atoms with Crippen molar-refractivity contribution in [2.45, 2.75) is 45.0 Å². The number of piperidine rings is 1. The molecule has 190 valence electrons. The van der Waals surface area contributed by atoms with E-state index in [1.165, 1.54) is 12.3 Å². The van der Waals surface area contributed by atoms with Crippen LogP contribution in [0.1, 0.15) is 26.7 Å². The smallest absolute Gasteiger partial charge is 0.305 e. The second-order valence-corrected chi connectivity index (χ2v) is 9.63. The first kappa shape index (κ1) is 25.2. The van der Waals surface area contributed by atoms with Gasteiger partial charge in [0.25, 0.3) is 5.88 Å². The van der Waals surface area contributed by atoms with Gasteiger partial charge in [0, 0.05) is 56.1 Å². The number of carboxylic acid groups (broad SMARTS) is 1. The summed E-state index contributed by atoms with van der Waals surface area (Å²) in [6.07, 6.45) is 1.91. The van der Waals surface area contributed by atoms with Gasteiger partial charge in [-0.15, -0.1) is 0 Å². The molecule has 2 unspecified atom stereocenters. The summed E-state index contributed by atoms with van der Waals surface area (Å²) in [5.41, 5.74) is 1.16. The van der Waals surface area contributed by atoms with Crippen molar-refractivity contribution in [3.05, 3.63) is 35.4 Å². The number of methoxy groups -OCH3 is 1. The number of halogens is 3. The lowest BCUT2D eigenvalue weighted by atomic mass is 9.96. The predicted molar refractivity (Wildman–Crippen MR) is 128 cm³/mol. The molecule has 2 fully saturated rings. The van der Waals surface area contributed by atoms with Gasteiger partial charge in [0.2, 0.25) is 5.88 Å². The van der Waals surface area contributed by atoms with Gasteiger partial charge in [-0.25, -0.2) is 18.7 Å². The first-order chi connectivity index (χ1) is 16.7. The second-order valence-electron chi connectivity index (χ2n) is 9.22. The largest absolute Gasteiger partial charge is 0.481 e. The van der Waals surface area contributed by atoms with Gasteiger partial charge in [-0.1, -0.05) is 25.4 Å². The number of nitrogens with zero attached hydrogens (tertiary/aromatic N) is 4. The number of carbonyl (C=O) groups is 1. The predicted octanol–water partition coefficient (Wildman–Crippen LogP) is 4.21. The highest BCUT2D eigenvalue weighted by Crippen LogP contribution is 2.36. The maximum absolute atomic E-state index is 15.0. The lowest BCUT2D eigenvalue weighted by Gasteiger charge is -2.38. The normalized spacial score (nSPS) is 26.6. The molecule has 4 rings (SSSR count). The molecule has 8 nitrogen and oxygen atoms in total. The summed E-state index contributed by atoms with van der Waals surface area (Å²) >= 11 is 6.34. The molecule has 2 saturated heterocycles. The maximum Gasteiger partial charge on any atom is 0.305 e. The van der Waals surface area contributed by atoms with E-state index >= 15 is 0 Å². The minimum Gasteiger partial charge on any atom is -0.481 e. The van der Waals surface area contributed by atoms with Gasteiger partial charge in [0.05, 0.1) is 42.3 Å². The molecule has 0 aliphatic carbocycles. The van der Waals surface area contributed by atoms with Crippen molar-refractivity contribution in [2.75, 3.05) is 36.5 Å². The molecular formula is C24H29ClF2N4O4. The zero-order valence-electron chi connectivity index (χ0n) is 19.8. The van der Waals surface area contributed by atoms with E-state index in [4.69, 9.17) is 21.1 Å². The van der Waals surface area contributed by atoms with Crippen LogP contribution < -0.4 is 19.3 Å². The molecule has 1 N–H and O–H groups in total. The molecule has 35 heavy (non-hydrogen) atoms. The zero-order valence-corrected chi connectivity index (χ0v) is 20.6. The van der Waals surface area contributed by atoms with E-state index in [9.17, 15) is 18.7 Å². The summed E-state index contributed by atoms with van der Waals surface area (Å²) in [5, 5.41) is 9.72. The SMILES string of the molecule is COc1cc(N2CCC(Oc3ncc(N4C[C@H](F)[C@@H](C)[C@@H]4CC(=O)O)cc3F)C(C)C2)c(Cl)cn1. The van der Waals surface area contributed by atoms with E-state index in [-0.39, 0.29) is 30.9 Å². The van der Waals surface area contributed by atoms with Gasteiger partial charge in [0.15, 0.2) is 5.82 Å². The van der Waals surface area contributed by atoms with Crippen LogP contribution in [0.4, 0.5) is 20.2 Å². The highest BCUT2D eigenvalue weighted by atomic mass is 35.5. The highest BCUT2D eigenvalue weighted by molar-refractivity contribution is 6.33. The van der Waals surface area contributed by atoms with Crippen LogP contribution in [-0.2, 0) is 4.79 Å². The third-order valence-corrected chi connectivity index (χ3v) is 7.20. The van der Waals surface area contributed by atoms with Crippen molar-refractivity contribution >= 4 is 28.9 Å². The summed E-state index contributed by atoms with van der Waals surface area (Å²) in [6.45, 7) is 4.96. The maximum atomic E-state index is 15.0. The van der Waals surface area contributed by atoms with Crippen molar-refractivity contribution in [3.63, 3.8) is 0 Å². The van der Waals surface area contributed by atoms with Crippen LogP contribution in [0.2, 0.25) is 5.02 Å². The Morgan fingerprint density at radius 1 is 1.26 bits per heavy atom. The molecule has 4 heterocycles. The molecule has 5 atom stereocenters. The monoisotopic (exact) mass is 510 g/mol. The van der Waals surface area contributed by atoms with E-state index < -0.39 is 29.9 Å². The van der Waals surface area contributed by atoms with E-state index in [0.717, 1.165) is 5.69 Å². The number of rotatable bonds is 7. The van der Waals surface area contributed by atoms with Crippen LogP contribution in [0.15, 0.2) is 24.5 Å². The molecule has 0 spiro atoms. The summed E-state index contributed by atoms with van der Waals surface area (Å²) in [7, 11) is 1.54. The topological polar surface area (TPSA) is 88.0 Å². The van der Waals surface area contributed by atoms with E-state index in [1.807, 2.05) is 6.92 Å². The molecule has 2 aliphatic rings. The highest BCUT2D eigenvalue weighted by Gasteiger charge is 2.41. The summed E-state index contributed by atoms with van der Waals surface area (Å²) in [4.78, 5) is 23.2. The lowest BCUT2D eigenvalue weighted by molar-refractivity contribution is -0.137. The van der Waals surface area contributed by atoms with Crippen LogP contribution >= 0.6 is 11.6 Å². The number of alkyl halides is 1. The summed E-state index contributed by atoms with van der Waals surface area (Å²) in [6, 6.07) is 2.46. The molecule has 2 aromatic rings. The number of aromatic nitrogens is 2. The molecule has 0 amide bonds. The average molecular weight is 511 g/mol. The van der Waals surface area contributed by atoms with Crippen LogP contribution in [0.5, 0.6) is 11.8 Å². The molecular weight excluding hydrogens is 482 g/mol. The minimum absolute atomic E-state index is 0.00170. The molecule has 0 aromatic carbocycles. The van der Waals surface area contributed by atoms with Crippen molar-refractivity contribution in [1.82, 2.24) is 9.97 Å². The van der Waals surface area contributed by atoms with Gasteiger partial charge >= 0.3 is 5.97 Å². The van der Waals surface area contributed by atoms with Crippen LogP contribution in [0.25, 0.3) is 0 Å². The van der Waals surface area contributed by atoms with Gasteiger partial charge in [0.1, 0.15) is 12.3 Å². The number of anilines is 2.